The summed E-state index contributed by atoms with van der Waals surface area (Å²) in [4.78, 5) is 17.2. The topological polar surface area (TPSA) is 79.9 Å². The number of aryl methyl sites for hydroxylation is 2. The molecule has 0 unspecified atom stereocenters. The Labute approximate surface area is 140 Å². The molecule has 0 aliphatic rings. The summed E-state index contributed by atoms with van der Waals surface area (Å²) in [5, 5.41) is 10.8. The van der Waals surface area contributed by atoms with Crippen LogP contribution in [0.5, 0.6) is 0 Å². The smallest absolute Gasteiger partial charge is 0.252 e. The summed E-state index contributed by atoms with van der Waals surface area (Å²) in [6.07, 6.45) is 0. The van der Waals surface area contributed by atoms with Crippen LogP contribution in [0.2, 0.25) is 0 Å². The van der Waals surface area contributed by atoms with Crippen molar-refractivity contribution in [3.63, 3.8) is 0 Å². The number of benzene rings is 1. The van der Waals surface area contributed by atoms with Crippen molar-refractivity contribution in [2.45, 2.75) is 27.0 Å². The Balaban J connectivity index is 1.82. The zero-order valence-corrected chi connectivity index (χ0v) is 14.0. The lowest BCUT2D eigenvalue weighted by molar-refractivity contribution is 0.0952. The molecule has 1 amide bonds. The number of fused-ring (bicyclic) bond motifs is 1. The molecule has 0 saturated heterocycles. The van der Waals surface area contributed by atoms with Crippen molar-refractivity contribution in [2.24, 2.45) is 0 Å². The molecule has 0 radical (unpaired) electrons. The first-order valence-corrected chi connectivity index (χ1v) is 7.75. The highest BCUT2D eigenvalue weighted by Gasteiger charge is 2.13. The number of aromatic amines is 1. The molecule has 24 heavy (non-hydrogen) atoms. The van der Waals surface area contributed by atoms with Gasteiger partial charge in [-0.25, -0.2) is 0 Å². The van der Waals surface area contributed by atoms with E-state index in [1.165, 1.54) is 0 Å². The van der Waals surface area contributed by atoms with E-state index in [0.717, 1.165) is 33.5 Å². The molecular weight excluding hydrogens is 304 g/mol. The van der Waals surface area contributed by atoms with Crippen LogP contribution < -0.4 is 5.32 Å². The Hall–Kier alpha value is -2.73. The van der Waals surface area contributed by atoms with Crippen LogP contribution in [-0.2, 0) is 17.9 Å². The van der Waals surface area contributed by atoms with E-state index in [4.69, 9.17) is 4.74 Å². The molecule has 6 nitrogen and oxygen atoms in total. The number of nitrogens with one attached hydrogen (secondary N) is 2. The van der Waals surface area contributed by atoms with Gasteiger partial charge in [0, 0.05) is 18.2 Å². The fourth-order valence-corrected chi connectivity index (χ4v) is 2.70. The van der Waals surface area contributed by atoms with E-state index in [1.54, 1.807) is 7.11 Å². The van der Waals surface area contributed by atoms with E-state index in [1.807, 2.05) is 44.2 Å². The molecule has 0 fully saturated rings. The first-order valence-electron chi connectivity index (χ1n) is 7.75. The monoisotopic (exact) mass is 324 g/mol. The third-order valence-electron chi connectivity index (χ3n) is 3.83. The van der Waals surface area contributed by atoms with Crippen molar-refractivity contribution in [3.8, 4) is 0 Å². The molecule has 2 heterocycles. The molecule has 0 bridgehead atoms. The van der Waals surface area contributed by atoms with Gasteiger partial charge < -0.3 is 10.1 Å². The third-order valence-corrected chi connectivity index (χ3v) is 3.83. The zero-order chi connectivity index (χ0) is 17.1. The zero-order valence-electron chi connectivity index (χ0n) is 14.0. The molecule has 2 N–H and O–H groups in total. The van der Waals surface area contributed by atoms with Gasteiger partial charge in [0.1, 0.15) is 0 Å². The molecule has 3 rings (SSSR count). The second-order valence-corrected chi connectivity index (χ2v) is 5.78. The first-order chi connectivity index (χ1) is 11.6. The van der Waals surface area contributed by atoms with Crippen molar-refractivity contribution in [2.75, 3.05) is 7.11 Å². The maximum absolute atomic E-state index is 12.6. The van der Waals surface area contributed by atoms with E-state index in [9.17, 15) is 4.79 Å². The van der Waals surface area contributed by atoms with Gasteiger partial charge in [-0.1, -0.05) is 18.2 Å². The van der Waals surface area contributed by atoms with Crippen molar-refractivity contribution in [3.05, 3.63) is 58.5 Å². The molecular formula is C18H20N4O2. The van der Waals surface area contributed by atoms with Crippen LogP contribution in [0.15, 0.2) is 30.3 Å². The van der Waals surface area contributed by atoms with Crippen molar-refractivity contribution >= 4 is 16.8 Å². The van der Waals surface area contributed by atoms with Crippen LogP contribution in [0.4, 0.5) is 0 Å². The van der Waals surface area contributed by atoms with E-state index < -0.39 is 0 Å². The van der Waals surface area contributed by atoms with Crippen LogP contribution in [0.1, 0.15) is 33.0 Å². The number of pyridine rings is 1. The van der Waals surface area contributed by atoms with Crippen LogP contribution in [-0.4, -0.2) is 28.2 Å². The second kappa shape index (κ2) is 6.80. The fourth-order valence-electron chi connectivity index (χ4n) is 2.70. The maximum atomic E-state index is 12.6. The van der Waals surface area contributed by atoms with Gasteiger partial charge in [0.25, 0.3) is 5.91 Å². The normalized spacial score (nSPS) is 11.0. The molecule has 0 aliphatic carbocycles. The Kier molecular flexibility index (Phi) is 4.57. The molecule has 0 saturated carbocycles. The first kappa shape index (κ1) is 16.1. The summed E-state index contributed by atoms with van der Waals surface area (Å²) in [5.41, 5.74) is 5.03. The standard InChI is InChI=1S/C18H20N4O2/c1-11-5-4-6-15-16(7-12(2)20-17(11)15)18(23)19-9-13-8-14(10-24-3)22-21-13/h4-8H,9-10H2,1-3H3,(H,19,23)(H,21,22). The van der Waals surface area contributed by atoms with E-state index in [0.29, 0.717) is 18.7 Å². The van der Waals surface area contributed by atoms with Gasteiger partial charge in [-0.05, 0) is 31.5 Å². The summed E-state index contributed by atoms with van der Waals surface area (Å²) < 4.78 is 5.03. The Bertz CT molecular complexity index is 886. The lowest BCUT2D eigenvalue weighted by atomic mass is 10.0. The van der Waals surface area contributed by atoms with Gasteiger partial charge >= 0.3 is 0 Å². The summed E-state index contributed by atoms with van der Waals surface area (Å²) in [6.45, 7) is 4.72. The quantitative estimate of drug-likeness (QED) is 0.756. The van der Waals surface area contributed by atoms with Gasteiger partial charge in [-0.15, -0.1) is 0 Å². The van der Waals surface area contributed by atoms with Crippen molar-refractivity contribution in [1.29, 1.82) is 0 Å². The highest BCUT2D eigenvalue weighted by Crippen LogP contribution is 2.21. The van der Waals surface area contributed by atoms with E-state index in [2.05, 4.69) is 20.5 Å². The van der Waals surface area contributed by atoms with E-state index in [-0.39, 0.29) is 5.91 Å². The molecule has 2 aromatic heterocycles. The lowest BCUT2D eigenvalue weighted by Gasteiger charge is -2.10. The number of methoxy groups -OCH3 is 1. The van der Waals surface area contributed by atoms with Crippen LogP contribution >= 0.6 is 0 Å². The number of rotatable bonds is 5. The van der Waals surface area contributed by atoms with Gasteiger partial charge in [-0.2, -0.15) is 5.10 Å². The molecule has 124 valence electrons. The number of para-hydroxylation sites is 1. The largest absolute Gasteiger partial charge is 0.378 e. The lowest BCUT2D eigenvalue weighted by Crippen LogP contribution is -2.23. The van der Waals surface area contributed by atoms with Gasteiger partial charge in [0.2, 0.25) is 0 Å². The molecule has 1 aromatic carbocycles. The predicted molar refractivity (Wildman–Crippen MR) is 91.7 cm³/mol. The van der Waals surface area contributed by atoms with Crippen LogP contribution in [0, 0.1) is 13.8 Å². The van der Waals surface area contributed by atoms with Crippen LogP contribution in [0.3, 0.4) is 0 Å². The number of ether oxygens (including phenoxy) is 1. The summed E-state index contributed by atoms with van der Waals surface area (Å²) in [5.74, 6) is -0.126. The van der Waals surface area contributed by atoms with Crippen LogP contribution in [0.25, 0.3) is 10.9 Å². The highest BCUT2D eigenvalue weighted by atomic mass is 16.5. The van der Waals surface area contributed by atoms with Crippen molar-refractivity contribution < 1.29 is 9.53 Å². The van der Waals surface area contributed by atoms with Gasteiger partial charge in [0.15, 0.2) is 0 Å². The number of hydrogen-bond acceptors (Lipinski definition) is 4. The molecule has 3 aromatic rings. The Morgan fingerprint density at radius 1 is 1.29 bits per heavy atom. The number of carbonyl (C=O) groups excluding carboxylic acids is 1. The minimum Gasteiger partial charge on any atom is -0.378 e. The number of aromatic nitrogens is 3. The number of carbonyl (C=O) groups is 1. The number of amides is 1. The highest BCUT2D eigenvalue weighted by molar-refractivity contribution is 6.06. The number of H-pyrrole nitrogens is 1. The number of hydrogen-bond donors (Lipinski definition) is 2. The minimum absolute atomic E-state index is 0.126. The summed E-state index contributed by atoms with van der Waals surface area (Å²) in [7, 11) is 1.62. The van der Waals surface area contributed by atoms with Gasteiger partial charge in [0.05, 0.1) is 35.6 Å². The van der Waals surface area contributed by atoms with Gasteiger partial charge in [-0.3, -0.25) is 14.9 Å². The van der Waals surface area contributed by atoms with Crippen molar-refractivity contribution in [1.82, 2.24) is 20.5 Å². The molecule has 6 heteroatoms. The Morgan fingerprint density at radius 2 is 2.12 bits per heavy atom. The molecule has 0 spiro atoms. The SMILES string of the molecule is COCc1cc(CNC(=O)c2cc(C)nc3c(C)cccc23)[nH]n1. The predicted octanol–water partition coefficient (Wildman–Crippen LogP) is 2.65. The Morgan fingerprint density at radius 3 is 2.92 bits per heavy atom. The maximum Gasteiger partial charge on any atom is 0.252 e. The minimum atomic E-state index is -0.126. The number of nitrogens with zero attached hydrogens (tertiary/aromatic N) is 2. The van der Waals surface area contributed by atoms with E-state index >= 15 is 0 Å². The summed E-state index contributed by atoms with van der Waals surface area (Å²) in [6, 6.07) is 9.57. The molecule has 0 atom stereocenters. The molecule has 0 aliphatic heterocycles. The average Bonchev–Trinajstić information content (AvgIpc) is 3.01. The second-order valence-electron chi connectivity index (χ2n) is 5.78. The average molecular weight is 324 g/mol. The summed E-state index contributed by atoms with van der Waals surface area (Å²) >= 11 is 0. The third kappa shape index (κ3) is 3.28. The fraction of sp³-hybridized carbons (Fsp3) is 0.278.